The quantitative estimate of drug-likeness (QED) is 0.491. The largest absolute Gasteiger partial charge is 0.438 e. The highest BCUT2D eigenvalue weighted by atomic mass is 16.5. The number of para-hydroxylation sites is 1. The van der Waals surface area contributed by atoms with Gasteiger partial charge in [0.05, 0.1) is 0 Å². The number of amides is 1. The SMILES string of the molecule is O=C(NCCCn1nc2ccccn2c1=O)c1cccnc1Oc1ccccc1. The van der Waals surface area contributed by atoms with Crippen LogP contribution in [0.5, 0.6) is 11.6 Å². The molecule has 0 atom stereocenters. The highest BCUT2D eigenvalue weighted by Gasteiger charge is 2.14. The van der Waals surface area contributed by atoms with Crippen LogP contribution in [0.25, 0.3) is 5.65 Å². The van der Waals surface area contributed by atoms with E-state index in [2.05, 4.69) is 15.4 Å². The first-order valence-corrected chi connectivity index (χ1v) is 9.23. The molecule has 0 saturated heterocycles. The summed E-state index contributed by atoms with van der Waals surface area (Å²) in [7, 11) is 0. The Balaban J connectivity index is 1.36. The van der Waals surface area contributed by atoms with Crippen LogP contribution in [-0.2, 0) is 6.54 Å². The molecule has 4 rings (SSSR count). The molecule has 1 aromatic carbocycles. The average molecular weight is 389 g/mol. The summed E-state index contributed by atoms with van der Waals surface area (Å²) in [4.78, 5) is 29.0. The summed E-state index contributed by atoms with van der Waals surface area (Å²) in [6.45, 7) is 0.792. The number of ether oxygens (including phenoxy) is 1. The fourth-order valence-corrected chi connectivity index (χ4v) is 2.88. The number of benzene rings is 1. The molecule has 0 fully saturated rings. The molecule has 0 saturated carbocycles. The number of fused-ring (bicyclic) bond motifs is 1. The number of nitrogens with zero attached hydrogens (tertiary/aromatic N) is 4. The second kappa shape index (κ2) is 8.39. The molecule has 8 heteroatoms. The number of aromatic nitrogens is 4. The van der Waals surface area contributed by atoms with E-state index in [1.165, 1.54) is 9.08 Å². The Labute approximate surface area is 166 Å². The van der Waals surface area contributed by atoms with E-state index in [1.807, 2.05) is 24.3 Å². The monoisotopic (exact) mass is 389 g/mol. The normalized spacial score (nSPS) is 10.8. The molecule has 29 heavy (non-hydrogen) atoms. The predicted molar refractivity (Wildman–Crippen MR) is 107 cm³/mol. The van der Waals surface area contributed by atoms with Gasteiger partial charge in [0.15, 0.2) is 5.65 Å². The molecule has 0 aliphatic rings. The molecule has 0 aliphatic carbocycles. The third kappa shape index (κ3) is 4.16. The topological polar surface area (TPSA) is 90.5 Å². The fraction of sp³-hybridized carbons (Fsp3) is 0.143. The van der Waals surface area contributed by atoms with Crippen molar-refractivity contribution in [1.82, 2.24) is 24.5 Å². The van der Waals surface area contributed by atoms with Gasteiger partial charge in [0, 0.05) is 25.5 Å². The van der Waals surface area contributed by atoms with Gasteiger partial charge in [0.2, 0.25) is 5.88 Å². The standard InChI is InChI=1S/C21H19N5O3/c27-19(17-10-6-12-23-20(17)29-16-8-2-1-3-9-16)22-13-7-15-26-21(28)25-14-5-4-11-18(25)24-26/h1-6,8-12,14H,7,13,15H2,(H,22,27). The van der Waals surface area contributed by atoms with Gasteiger partial charge in [0.1, 0.15) is 11.3 Å². The Morgan fingerprint density at radius 3 is 2.69 bits per heavy atom. The molecule has 146 valence electrons. The van der Waals surface area contributed by atoms with Crippen molar-refractivity contribution in [2.24, 2.45) is 0 Å². The first-order valence-electron chi connectivity index (χ1n) is 9.23. The third-order valence-electron chi connectivity index (χ3n) is 4.29. The van der Waals surface area contributed by atoms with Gasteiger partial charge in [-0.25, -0.2) is 14.5 Å². The maximum Gasteiger partial charge on any atom is 0.350 e. The van der Waals surface area contributed by atoms with Crippen molar-refractivity contribution in [2.45, 2.75) is 13.0 Å². The lowest BCUT2D eigenvalue weighted by molar-refractivity contribution is 0.0949. The highest BCUT2D eigenvalue weighted by molar-refractivity contribution is 5.96. The van der Waals surface area contributed by atoms with Crippen molar-refractivity contribution in [3.63, 3.8) is 0 Å². The zero-order chi connectivity index (χ0) is 20.1. The summed E-state index contributed by atoms with van der Waals surface area (Å²) in [5.41, 5.74) is 0.749. The van der Waals surface area contributed by atoms with Gasteiger partial charge in [0.25, 0.3) is 5.91 Å². The van der Waals surface area contributed by atoms with Gasteiger partial charge in [-0.05, 0) is 42.8 Å². The molecule has 4 aromatic rings. The second-order valence-electron chi connectivity index (χ2n) is 6.32. The molecule has 3 aromatic heterocycles. The number of rotatable bonds is 7. The molecule has 0 unspecified atom stereocenters. The van der Waals surface area contributed by atoms with Crippen LogP contribution in [0.4, 0.5) is 0 Å². The van der Waals surface area contributed by atoms with Crippen LogP contribution in [0, 0.1) is 0 Å². The molecule has 3 heterocycles. The number of hydrogen-bond donors (Lipinski definition) is 1. The molecule has 0 radical (unpaired) electrons. The second-order valence-corrected chi connectivity index (χ2v) is 6.32. The predicted octanol–water partition coefficient (Wildman–Crippen LogP) is 2.50. The van der Waals surface area contributed by atoms with Crippen molar-refractivity contribution < 1.29 is 9.53 Å². The highest BCUT2D eigenvalue weighted by Crippen LogP contribution is 2.22. The number of hydrogen-bond acceptors (Lipinski definition) is 5. The van der Waals surface area contributed by atoms with Crippen molar-refractivity contribution in [3.05, 3.63) is 89.1 Å². The van der Waals surface area contributed by atoms with E-state index >= 15 is 0 Å². The average Bonchev–Trinajstić information content (AvgIpc) is 3.08. The Bertz CT molecular complexity index is 1180. The van der Waals surface area contributed by atoms with E-state index < -0.39 is 0 Å². The van der Waals surface area contributed by atoms with Crippen LogP contribution in [0.1, 0.15) is 16.8 Å². The maximum absolute atomic E-state index is 12.6. The molecular formula is C21H19N5O3. The van der Waals surface area contributed by atoms with Gasteiger partial charge in [-0.3, -0.25) is 9.20 Å². The zero-order valence-corrected chi connectivity index (χ0v) is 15.6. The van der Waals surface area contributed by atoms with Crippen LogP contribution in [-0.4, -0.2) is 31.6 Å². The number of aryl methyl sites for hydroxylation is 1. The molecule has 0 bridgehead atoms. The van der Waals surface area contributed by atoms with Crippen LogP contribution in [0.2, 0.25) is 0 Å². The van der Waals surface area contributed by atoms with Crippen LogP contribution >= 0.6 is 0 Å². The Hall–Kier alpha value is -3.94. The minimum absolute atomic E-state index is 0.197. The minimum Gasteiger partial charge on any atom is -0.438 e. The maximum atomic E-state index is 12.6. The summed E-state index contributed by atoms with van der Waals surface area (Å²) in [6.07, 6.45) is 3.81. The fourth-order valence-electron chi connectivity index (χ4n) is 2.88. The van der Waals surface area contributed by atoms with Crippen molar-refractivity contribution in [1.29, 1.82) is 0 Å². The minimum atomic E-state index is -0.286. The number of carbonyl (C=O) groups is 1. The van der Waals surface area contributed by atoms with E-state index in [4.69, 9.17) is 4.74 Å². The Morgan fingerprint density at radius 2 is 1.86 bits per heavy atom. The molecule has 0 spiro atoms. The summed E-state index contributed by atoms with van der Waals surface area (Å²) in [5.74, 6) is 0.561. The van der Waals surface area contributed by atoms with Gasteiger partial charge in [-0.15, -0.1) is 5.10 Å². The lowest BCUT2D eigenvalue weighted by Crippen LogP contribution is -2.27. The number of carbonyl (C=O) groups excluding carboxylic acids is 1. The number of nitrogens with one attached hydrogen (secondary N) is 1. The summed E-state index contributed by atoms with van der Waals surface area (Å²) < 4.78 is 8.61. The van der Waals surface area contributed by atoms with Crippen LogP contribution in [0.15, 0.2) is 77.9 Å². The third-order valence-corrected chi connectivity index (χ3v) is 4.29. The lowest BCUT2D eigenvalue weighted by Gasteiger charge is -2.10. The van der Waals surface area contributed by atoms with Crippen molar-refractivity contribution in [3.8, 4) is 11.6 Å². The summed E-state index contributed by atoms with van der Waals surface area (Å²) >= 11 is 0. The van der Waals surface area contributed by atoms with E-state index in [0.29, 0.717) is 36.5 Å². The Morgan fingerprint density at radius 1 is 1.03 bits per heavy atom. The number of pyridine rings is 2. The van der Waals surface area contributed by atoms with E-state index in [1.54, 1.807) is 48.8 Å². The van der Waals surface area contributed by atoms with Gasteiger partial charge in [-0.2, -0.15) is 0 Å². The first-order chi connectivity index (χ1) is 14.2. The van der Waals surface area contributed by atoms with E-state index in [0.717, 1.165) is 0 Å². The van der Waals surface area contributed by atoms with Gasteiger partial charge in [-0.1, -0.05) is 24.3 Å². The van der Waals surface area contributed by atoms with Crippen LogP contribution < -0.4 is 15.7 Å². The lowest BCUT2D eigenvalue weighted by atomic mass is 10.2. The van der Waals surface area contributed by atoms with E-state index in [9.17, 15) is 9.59 Å². The van der Waals surface area contributed by atoms with Crippen molar-refractivity contribution in [2.75, 3.05) is 6.54 Å². The molecule has 1 N–H and O–H groups in total. The van der Waals surface area contributed by atoms with Gasteiger partial charge >= 0.3 is 5.69 Å². The summed E-state index contributed by atoms with van der Waals surface area (Å²) in [6, 6.07) is 17.9. The zero-order valence-electron chi connectivity index (χ0n) is 15.6. The molecular weight excluding hydrogens is 370 g/mol. The molecule has 0 aliphatic heterocycles. The van der Waals surface area contributed by atoms with Crippen molar-refractivity contribution >= 4 is 11.6 Å². The Kier molecular flexibility index (Phi) is 5.33. The molecule has 8 nitrogen and oxygen atoms in total. The summed E-state index contributed by atoms with van der Waals surface area (Å²) in [5, 5.41) is 7.11. The van der Waals surface area contributed by atoms with Gasteiger partial charge < -0.3 is 10.1 Å². The first kappa shape index (κ1) is 18.4. The molecule has 1 amide bonds. The van der Waals surface area contributed by atoms with E-state index in [-0.39, 0.29) is 17.5 Å². The smallest absolute Gasteiger partial charge is 0.350 e. The van der Waals surface area contributed by atoms with Crippen LogP contribution in [0.3, 0.4) is 0 Å².